The van der Waals surface area contributed by atoms with Gasteiger partial charge in [-0.3, -0.25) is 0 Å². The Morgan fingerprint density at radius 2 is 2.08 bits per heavy atom. The molecule has 3 heteroatoms. The second-order valence-corrected chi connectivity index (χ2v) is 3.91. The van der Waals surface area contributed by atoms with E-state index >= 15 is 0 Å². The van der Waals surface area contributed by atoms with Gasteiger partial charge in [0.2, 0.25) is 5.95 Å². The summed E-state index contributed by atoms with van der Waals surface area (Å²) in [6, 6.07) is 0. The van der Waals surface area contributed by atoms with E-state index in [2.05, 4.69) is 20.9 Å². The molecule has 12 heavy (non-hydrogen) atoms. The lowest BCUT2D eigenvalue weighted by atomic mass is 10.0. The zero-order valence-corrected chi connectivity index (χ0v) is 8.94. The van der Waals surface area contributed by atoms with E-state index in [9.17, 15) is 4.39 Å². The predicted octanol–water partition coefficient (Wildman–Crippen LogP) is 3.42. The highest BCUT2D eigenvalue weighted by Gasteiger charge is 2.12. The van der Waals surface area contributed by atoms with Gasteiger partial charge in [-0.1, -0.05) is 13.8 Å². The van der Waals surface area contributed by atoms with Gasteiger partial charge in [0.05, 0.1) is 4.47 Å². The molecule has 0 amide bonds. The van der Waals surface area contributed by atoms with Gasteiger partial charge in [-0.15, -0.1) is 0 Å². The van der Waals surface area contributed by atoms with Crippen LogP contribution in [0.15, 0.2) is 10.7 Å². The molecular formula is C9H11BrFN. The molecule has 0 aliphatic heterocycles. The van der Waals surface area contributed by atoms with Crippen LogP contribution in [-0.2, 0) is 0 Å². The largest absolute Gasteiger partial charge is 0.227 e. The van der Waals surface area contributed by atoms with E-state index in [4.69, 9.17) is 0 Å². The fraction of sp³-hybridized carbons (Fsp3) is 0.444. The van der Waals surface area contributed by atoms with Gasteiger partial charge >= 0.3 is 0 Å². The molecule has 0 unspecified atom stereocenters. The molecule has 66 valence electrons. The van der Waals surface area contributed by atoms with Crippen LogP contribution in [0.3, 0.4) is 0 Å². The maximum absolute atomic E-state index is 13.0. The Morgan fingerprint density at radius 3 is 2.50 bits per heavy atom. The molecule has 1 rings (SSSR count). The van der Waals surface area contributed by atoms with Crippen LogP contribution >= 0.6 is 15.9 Å². The molecule has 0 saturated carbocycles. The monoisotopic (exact) mass is 231 g/mol. The molecule has 1 nitrogen and oxygen atoms in total. The van der Waals surface area contributed by atoms with Crippen molar-refractivity contribution < 1.29 is 4.39 Å². The summed E-state index contributed by atoms with van der Waals surface area (Å²) in [7, 11) is 0. The minimum atomic E-state index is -0.427. The summed E-state index contributed by atoms with van der Waals surface area (Å²) in [6.07, 6.45) is 1.56. The summed E-state index contributed by atoms with van der Waals surface area (Å²) in [5.41, 5.74) is 2.03. The molecule has 0 aliphatic carbocycles. The smallest absolute Gasteiger partial charge is 0.227 e. The molecule has 0 fully saturated rings. The number of aryl methyl sites for hydroxylation is 1. The van der Waals surface area contributed by atoms with Crippen molar-refractivity contribution in [3.63, 3.8) is 0 Å². The van der Waals surface area contributed by atoms with Gasteiger partial charge in [0, 0.05) is 6.20 Å². The Kier molecular flexibility index (Phi) is 2.83. The van der Waals surface area contributed by atoms with E-state index in [1.807, 2.05) is 20.8 Å². The third-order valence-corrected chi connectivity index (χ3v) is 2.55. The molecule has 0 aromatic carbocycles. The first-order chi connectivity index (χ1) is 5.54. The summed E-state index contributed by atoms with van der Waals surface area (Å²) in [5.74, 6) is -0.110. The molecule has 0 spiro atoms. The van der Waals surface area contributed by atoms with Crippen molar-refractivity contribution in [3.05, 3.63) is 27.7 Å². The van der Waals surface area contributed by atoms with Crippen molar-refractivity contribution in [1.29, 1.82) is 0 Å². The number of halogens is 2. The molecule has 0 bridgehead atoms. The molecule has 0 aliphatic rings. The van der Waals surface area contributed by atoms with E-state index in [1.165, 1.54) is 0 Å². The van der Waals surface area contributed by atoms with Crippen LogP contribution in [0.5, 0.6) is 0 Å². The van der Waals surface area contributed by atoms with Gasteiger partial charge < -0.3 is 0 Å². The van der Waals surface area contributed by atoms with Gasteiger partial charge in [0.25, 0.3) is 0 Å². The van der Waals surface area contributed by atoms with Gasteiger partial charge in [-0.2, -0.15) is 4.39 Å². The van der Waals surface area contributed by atoms with Crippen LogP contribution in [0.2, 0.25) is 0 Å². The maximum atomic E-state index is 13.0. The Balaban J connectivity index is 3.33. The third kappa shape index (κ3) is 1.66. The Bertz CT molecular complexity index is 297. The van der Waals surface area contributed by atoms with Crippen molar-refractivity contribution in [2.24, 2.45) is 0 Å². The number of hydrogen-bond donors (Lipinski definition) is 0. The first-order valence-corrected chi connectivity index (χ1v) is 4.63. The SMILES string of the molecule is Cc1cnc(F)c(Br)c1C(C)C. The first kappa shape index (κ1) is 9.65. The molecule has 1 aromatic heterocycles. The molecule has 0 atom stereocenters. The van der Waals surface area contributed by atoms with E-state index in [0.717, 1.165) is 11.1 Å². The number of hydrogen-bond acceptors (Lipinski definition) is 1. The normalized spacial score (nSPS) is 10.8. The minimum Gasteiger partial charge on any atom is -0.227 e. The number of nitrogens with zero attached hydrogens (tertiary/aromatic N) is 1. The molecule has 0 saturated heterocycles. The van der Waals surface area contributed by atoms with E-state index < -0.39 is 5.95 Å². The average molecular weight is 232 g/mol. The van der Waals surface area contributed by atoms with E-state index in [0.29, 0.717) is 10.4 Å². The van der Waals surface area contributed by atoms with Crippen molar-refractivity contribution in [3.8, 4) is 0 Å². The van der Waals surface area contributed by atoms with Crippen LogP contribution in [0.25, 0.3) is 0 Å². The third-order valence-electron chi connectivity index (χ3n) is 1.79. The Hall–Kier alpha value is -0.440. The van der Waals surface area contributed by atoms with Crippen molar-refractivity contribution in [2.45, 2.75) is 26.7 Å². The quantitative estimate of drug-likeness (QED) is 0.676. The molecule has 1 heterocycles. The van der Waals surface area contributed by atoms with Crippen molar-refractivity contribution in [2.75, 3.05) is 0 Å². The zero-order valence-electron chi connectivity index (χ0n) is 7.36. The van der Waals surface area contributed by atoms with E-state index in [-0.39, 0.29) is 0 Å². The zero-order chi connectivity index (χ0) is 9.30. The van der Waals surface area contributed by atoms with Crippen LogP contribution in [0.4, 0.5) is 4.39 Å². The van der Waals surface area contributed by atoms with Gasteiger partial charge in [-0.25, -0.2) is 4.98 Å². The van der Waals surface area contributed by atoms with E-state index in [1.54, 1.807) is 6.20 Å². The highest BCUT2D eigenvalue weighted by Crippen LogP contribution is 2.28. The fourth-order valence-electron chi connectivity index (χ4n) is 1.27. The first-order valence-electron chi connectivity index (χ1n) is 3.84. The highest BCUT2D eigenvalue weighted by atomic mass is 79.9. The summed E-state index contributed by atoms with van der Waals surface area (Å²) >= 11 is 3.19. The number of pyridine rings is 1. The second kappa shape index (κ2) is 3.52. The van der Waals surface area contributed by atoms with Gasteiger partial charge in [0.15, 0.2) is 0 Å². The Morgan fingerprint density at radius 1 is 1.50 bits per heavy atom. The summed E-state index contributed by atoms with van der Waals surface area (Å²) in [6.45, 7) is 6.01. The predicted molar refractivity (Wildman–Crippen MR) is 50.7 cm³/mol. The standard InChI is InChI=1S/C9H11BrFN/c1-5(2)7-6(3)4-12-9(11)8(7)10/h4-5H,1-3H3. The van der Waals surface area contributed by atoms with Crippen LogP contribution in [-0.4, -0.2) is 4.98 Å². The molecule has 1 aromatic rings. The number of aromatic nitrogens is 1. The summed E-state index contributed by atoms with van der Waals surface area (Å²) in [4.78, 5) is 3.61. The van der Waals surface area contributed by atoms with Crippen LogP contribution < -0.4 is 0 Å². The van der Waals surface area contributed by atoms with Gasteiger partial charge in [-0.05, 0) is 39.9 Å². The topological polar surface area (TPSA) is 12.9 Å². The highest BCUT2D eigenvalue weighted by molar-refractivity contribution is 9.10. The second-order valence-electron chi connectivity index (χ2n) is 3.11. The fourth-order valence-corrected chi connectivity index (χ4v) is 2.15. The summed E-state index contributed by atoms with van der Waals surface area (Å²) in [5, 5.41) is 0. The Labute approximate surface area is 80.1 Å². The average Bonchev–Trinajstić information content (AvgIpc) is 1.97. The lowest BCUT2D eigenvalue weighted by molar-refractivity contribution is 0.570. The molecule has 0 N–H and O–H groups in total. The van der Waals surface area contributed by atoms with Crippen molar-refractivity contribution >= 4 is 15.9 Å². The molecular weight excluding hydrogens is 221 g/mol. The molecule has 0 radical (unpaired) electrons. The van der Waals surface area contributed by atoms with Crippen LogP contribution in [0.1, 0.15) is 30.9 Å². The van der Waals surface area contributed by atoms with Crippen LogP contribution in [0, 0.1) is 12.9 Å². The lowest BCUT2D eigenvalue weighted by Gasteiger charge is -2.11. The van der Waals surface area contributed by atoms with Gasteiger partial charge in [0.1, 0.15) is 0 Å². The number of rotatable bonds is 1. The minimum absolute atomic E-state index is 0.317. The summed E-state index contributed by atoms with van der Waals surface area (Å²) < 4.78 is 13.5. The maximum Gasteiger partial charge on any atom is 0.227 e. The lowest BCUT2D eigenvalue weighted by Crippen LogP contribution is -1.98. The van der Waals surface area contributed by atoms with Crippen molar-refractivity contribution in [1.82, 2.24) is 4.98 Å².